The highest BCUT2D eigenvalue weighted by Gasteiger charge is 2.40. The van der Waals surface area contributed by atoms with E-state index < -0.39 is 0 Å². The predicted octanol–water partition coefficient (Wildman–Crippen LogP) is 1.83. The second kappa shape index (κ2) is 7.72. The predicted molar refractivity (Wildman–Crippen MR) is 101 cm³/mol. The van der Waals surface area contributed by atoms with Gasteiger partial charge in [0.05, 0.1) is 19.8 Å². The molecule has 6 nitrogen and oxygen atoms in total. The van der Waals surface area contributed by atoms with Crippen molar-refractivity contribution in [3.05, 3.63) is 29.3 Å². The van der Waals surface area contributed by atoms with Crippen LogP contribution in [0.25, 0.3) is 0 Å². The highest BCUT2D eigenvalue weighted by Crippen LogP contribution is 2.31. The Balaban J connectivity index is 1.24. The molecule has 142 valence electrons. The van der Waals surface area contributed by atoms with Gasteiger partial charge in [0.15, 0.2) is 5.79 Å². The van der Waals surface area contributed by atoms with E-state index in [2.05, 4.69) is 15.9 Å². The third-order valence-electron chi connectivity index (χ3n) is 5.60. The van der Waals surface area contributed by atoms with Crippen molar-refractivity contribution in [3.8, 4) is 0 Å². The summed E-state index contributed by atoms with van der Waals surface area (Å²) in [6.07, 6.45) is 1.70. The number of ether oxygens (including phenoxy) is 2. The maximum absolute atomic E-state index is 12.7. The van der Waals surface area contributed by atoms with Crippen molar-refractivity contribution in [1.29, 1.82) is 0 Å². The van der Waals surface area contributed by atoms with Crippen molar-refractivity contribution in [1.82, 2.24) is 9.80 Å². The Labute approximate surface area is 159 Å². The second-order valence-corrected chi connectivity index (χ2v) is 7.67. The van der Waals surface area contributed by atoms with Crippen LogP contribution in [-0.2, 0) is 14.3 Å². The molecule has 0 aromatic heterocycles. The molecule has 4 rings (SSSR count). The van der Waals surface area contributed by atoms with Crippen molar-refractivity contribution in [3.63, 3.8) is 0 Å². The SMILES string of the molecule is O=C(CN1CCC2(CC1)OCCO2)N1CCN(c2cccc(Cl)c2)CC1. The van der Waals surface area contributed by atoms with E-state index in [0.29, 0.717) is 19.8 Å². The Bertz CT molecular complexity index is 633. The minimum Gasteiger partial charge on any atom is -0.368 e. The summed E-state index contributed by atoms with van der Waals surface area (Å²) >= 11 is 6.08. The molecule has 0 atom stereocenters. The van der Waals surface area contributed by atoms with Crippen LogP contribution in [-0.4, -0.2) is 80.5 Å². The Morgan fingerprint density at radius 2 is 1.73 bits per heavy atom. The summed E-state index contributed by atoms with van der Waals surface area (Å²) in [5.41, 5.74) is 1.13. The minimum atomic E-state index is -0.373. The molecule has 1 aromatic carbocycles. The number of hydrogen-bond acceptors (Lipinski definition) is 5. The van der Waals surface area contributed by atoms with E-state index in [1.54, 1.807) is 0 Å². The van der Waals surface area contributed by atoms with Crippen LogP contribution in [0.15, 0.2) is 24.3 Å². The second-order valence-electron chi connectivity index (χ2n) is 7.23. The molecule has 1 amide bonds. The molecular weight excluding hydrogens is 354 g/mol. The van der Waals surface area contributed by atoms with Crippen molar-refractivity contribution < 1.29 is 14.3 Å². The largest absolute Gasteiger partial charge is 0.368 e. The summed E-state index contributed by atoms with van der Waals surface area (Å²) in [5.74, 6) is -0.151. The van der Waals surface area contributed by atoms with Crippen LogP contribution in [0.2, 0.25) is 5.02 Å². The van der Waals surface area contributed by atoms with Gasteiger partial charge in [0, 0.05) is 62.8 Å². The number of halogens is 1. The molecule has 0 bridgehead atoms. The summed E-state index contributed by atoms with van der Waals surface area (Å²) in [5, 5.41) is 0.749. The lowest BCUT2D eigenvalue weighted by Crippen LogP contribution is -2.53. The highest BCUT2D eigenvalue weighted by atomic mass is 35.5. The molecule has 0 N–H and O–H groups in total. The summed E-state index contributed by atoms with van der Waals surface area (Å²) in [6, 6.07) is 7.90. The van der Waals surface area contributed by atoms with E-state index in [9.17, 15) is 4.79 Å². The first-order valence-electron chi connectivity index (χ1n) is 9.42. The fourth-order valence-electron chi connectivity index (χ4n) is 4.02. The van der Waals surface area contributed by atoms with Gasteiger partial charge in [-0.15, -0.1) is 0 Å². The number of hydrogen-bond donors (Lipinski definition) is 0. The molecule has 3 aliphatic rings. The summed E-state index contributed by atoms with van der Waals surface area (Å²) in [7, 11) is 0. The number of anilines is 1. The van der Waals surface area contributed by atoms with Crippen LogP contribution in [0.4, 0.5) is 5.69 Å². The monoisotopic (exact) mass is 379 g/mol. The lowest BCUT2D eigenvalue weighted by Gasteiger charge is -2.39. The molecule has 3 aliphatic heterocycles. The van der Waals surface area contributed by atoms with Crippen LogP contribution in [0.3, 0.4) is 0 Å². The Morgan fingerprint density at radius 1 is 1.04 bits per heavy atom. The number of rotatable bonds is 3. The normalized spacial score (nSPS) is 23.6. The molecule has 0 radical (unpaired) electrons. The molecule has 3 saturated heterocycles. The van der Waals surface area contributed by atoms with Crippen LogP contribution in [0.1, 0.15) is 12.8 Å². The number of carbonyl (C=O) groups excluding carboxylic acids is 1. The van der Waals surface area contributed by atoms with Gasteiger partial charge in [0.25, 0.3) is 0 Å². The van der Waals surface area contributed by atoms with Gasteiger partial charge in [-0.05, 0) is 18.2 Å². The topological polar surface area (TPSA) is 45.3 Å². The fourth-order valence-corrected chi connectivity index (χ4v) is 4.20. The zero-order chi connectivity index (χ0) is 18.0. The van der Waals surface area contributed by atoms with E-state index in [0.717, 1.165) is 62.8 Å². The first-order valence-corrected chi connectivity index (χ1v) is 9.80. The van der Waals surface area contributed by atoms with Gasteiger partial charge in [0.2, 0.25) is 5.91 Å². The zero-order valence-corrected chi connectivity index (χ0v) is 15.8. The molecule has 7 heteroatoms. The van der Waals surface area contributed by atoms with Crippen molar-refractivity contribution >= 4 is 23.2 Å². The molecule has 1 aromatic rings. The number of benzene rings is 1. The summed E-state index contributed by atoms with van der Waals surface area (Å²) in [6.45, 7) is 6.79. The molecule has 26 heavy (non-hydrogen) atoms. The van der Waals surface area contributed by atoms with E-state index in [1.807, 2.05) is 23.1 Å². The average Bonchev–Trinajstić information content (AvgIpc) is 3.12. The molecule has 0 aliphatic carbocycles. The Kier molecular flexibility index (Phi) is 5.36. The van der Waals surface area contributed by atoms with E-state index >= 15 is 0 Å². The number of piperidine rings is 1. The lowest BCUT2D eigenvalue weighted by molar-refractivity contribution is -0.186. The van der Waals surface area contributed by atoms with Crippen molar-refractivity contribution in [2.75, 3.05) is 63.9 Å². The quantitative estimate of drug-likeness (QED) is 0.801. The minimum absolute atomic E-state index is 0.222. The first-order chi connectivity index (χ1) is 12.6. The van der Waals surface area contributed by atoms with Gasteiger partial charge in [-0.1, -0.05) is 17.7 Å². The van der Waals surface area contributed by atoms with Gasteiger partial charge in [-0.2, -0.15) is 0 Å². The molecule has 1 spiro atoms. The Morgan fingerprint density at radius 3 is 2.38 bits per heavy atom. The molecule has 3 heterocycles. The van der Waals surface area contributed by atoms with E-state index in [1.165, 1.54) is 0 Å². The van der Waals surface area contributed by atoms with Crippen LogP contribution in [0.5, 0.6) is 0 Å². The molecular formula is C19H26ClN3O3. The van der Waals surface area contributed by atoms with Crippen LogP contribution in [0, 0.1) is 0 Å². The standard InChI is InChI=1S/C19H26ClN3O3/c20-16-2-1-3-17(14-16)22-8-10-23(11-9-22)18(24)15-21-6-4-19(5-7-21)25-12-13-26-19/h1-3,14H,4-13,15H2. The van der Waals surface area contributed by atoms with Crippen molar-refractivity contribution in [2.24, 2.45) is 0 Å². The van der Waals surface area contributed by atoms with Gasteiger partial charge in [-0.25, -0.2) is 0 Å². The highest BCUT2D eigenvalue weighted by molar-refractivity contribution is 6.30. The summed E-state index contributed by atoms with van der Waals surface area (Å²) < 4.78 is 11.5. The molecule has 3 fully saturated rings. The van der Waals surface area contributed by atoms with Crippen LogP contribution >= 0.6 is 11.6 Å². The zero-order valence-electron chi connectivity index (χ0n) is 15.0. The lowest BCUT2D eigenvalue weighted by atomic mass is 10.0. The smallest absolute Gasteiger partial charge is 0.236 e. The number of likely N-dealkylation sites (tertiary alicyclic amines) is 1. The van der Waals surface area contributed by atoms with Crippen LogP contribution < -0.4 is 4.90 Å². The van der Waals surface area contributed by atoms with Gasteiger partial charge < -0.3 is 19.3 Å². The maximum Gasteiger partial charge on any atom is 0.236 e. The Hall–Kier alpha value is -1.34. The van der Waals surface area contributed by atoms with E-state index in [-0.39, 0.29) is 11.7 Å². The number of piperazine rings is 1. The van der Waals surface area contributed by atoms with Gasteiger partial charge >= 0.3 is 0 Å². The first kappa shape index (κ1) is 18.0. The third kappa shape index (κ3) is 3.98. The number of amides is 1. The average molecular weight is 380 g/mol. The van der Waals surface area contributed by atoms with Crippen molar-refractivity contribution in [2.45, 2.75) is 18.6 Å². The maximum atomic E-state index is 12.7. The van der Waals surface area contributed by atoms with Gasteiger partial charge in [0.1, 0.15) is 0 Å². The summed E-state index contributed by atoms with van der Waals surface area (Å²) in [4.78, 5) is 19.1. The third-order valence-corrected chi connectivity index (χ3v) is 5.83. The number of carbonyl (C=O) groups is 1. The van der Waals surface area contributed by atoms with Gasteiger partial charge in [-0.3, -0.25) is 9.69 Å². The molecule has 0 unspecified atom stereocenters. The molecule has 0 saturated carbocycles. The number of nitrogens with zero attached hydrogens (tertiary/aromatic N) is 3. The fraction of sp³-hybridized carbons (Fsp3) is 0.632. The van der Waals surface area contributed by atoms with E-state index in [4.69, 9.17) is 21.1 Å².